The van der Waals surface area contributed by atoms with Crippen LogP contribution in [0.3, 0.4) is 0 Å². The summed E-state index contributed by atoms with van der Waals surface area (Å²) in [6, 6.07) is 0. The van der Waals surface area contributed by atoms with Gasteiger partial charge in [-0.15, -0.1) is 0 Å². The van der Waals surface area contributed by atoms with Gasteiger partial charge in [0, 0.05) is 38.0 Å². The third-order valence-corrected chi connectivity index (χ3v) is 10.1. The number of carbonyl (C=O) groups excluding carboxylic acids is 2. The van der Waals surface area contributed by atoms with Crippen LogP contribution in [0.2, 0.25) is 0 Å². The standard InChI is InChI=1S/C45H83NO7/c1-5-9-12-15-18-19-20-21-22-23-26-30-42(40-53-45(48)52-38-41-31-29-34-46(8-4)37-41)39-51-43(47)32-33-44(49-35-27-24-16-13-10-6-2)50-36-28-25-17-14-11-7-3/h10-11,13-14,41-42,44H,5-9,12,15-40H2,1-4H3/b13-10-,14-11-. The molecule has 0 amide bonds. The molecule has 1 fully saturated rings. The van der Waals surface area contributed by atoms with Gasteiger partial charge in [0.2, 0.25) is 0 Å². The Morgan fingerprint density at radius 1 is 0.660 bits per heavy atom. The lowest BCUT2D eigenvalue weighted by atomic mass is 9.99. The van der Waals surface area contributed by atoms with Crippen molar-refractivity contribution in [3.63, 3.8) is 0 Å². The number of likely N-dealkylation sites (tertiary alicyclic amines) is 1. The van der Waals surface area contributed by atoms with E-state index in [0.717, 1.165) is 103 Å². The Bertz CT molecular complexity index is 870. The number of unbranched alkanes of at least 4 members (excludes halogenated alkanes) is 14. The first-order chi connectivity index (χ1) is 26.0. The van der Waals surface area contributed by atoms with Crippen LogP contribution in [0.1, 0.15) is 182 Å². The van der Waals surface area contributed by atoms with E-state index >= 15 is 0 Å². The third kappa shape index (κ3) is 31.0. The molecule has 1 aliphatic heterocycles. The van der Waals surface area contributed by atoms with Crippen LogP contribution in [0.25, 0.3) is 0 Å². The van der Waals surface area contributed by atoms with Crippen molar-refractivity contribution in [3.8, 4) is 0 Å². The largest absolute Gasteiger partial charge is 0.508 e. The zero-order valence-electron chi connectivity index (χ0n) is 35.0. The Balaban J connectivity index is 2.54. The number of carbonyl (C=O) groups is 2. The van der Waals surface area contributed by atoms with Crippen molar-refractivity contribution in [1.82, 2.24) is 4.90 Å². The lowest BCUT2D eigenvalue weighted by Gasteiger charge is -2.31. The minimum absolute atomic E-state index is 0.0536. The molecule has 1 saturated heterocycles. The minimum Gasteiger partial charge on any atom is -0.465 e. The number of allylic oxidation sites excluding steroid dienone is 4. The first kappa shape index (κ1) is 49.1. The van der Waals surface area contributed by atoms with E-state index < -0.39 is 12.4 Å². The monoisotopic (exact) mass is 750 g/mol. The molecule has 0 bridgehead atoms. The van der Waals surface area contributed by atoms with Crippen LogP contribution in [0.5, 0.6) is 0 Å². The van der Waals surface area contributed by atoms with Crippen LogP contribution in [0, 0.1) is 11.8 Å². The van der Waals surface area contributed by atoms with Crippen molar-refractivity contribution in [3.05, 3.63) is 24.3 Å². The Kier molecular flexibility index (Phi) is 34.3. The quantitative estimate of drug-likeness (QED) is 0.0271. The highest BCUT2D eigenvalue weighted by molar-refractivity contribution is 5.69. The fourth-order valence-corrected chi connectivity index (χ4v) is 6.76. The van der Waals surface area contributed by atoms with Crippen molar-refractivity contribution in [1.29, 1.82) is 0 Å². The third-order valence-electron chi connectivity index (χ3n) is 10.1. The first-order valence-electron chi connectivity index (χ1n) is 22.2. The Hall–Kier alpha value is -1.90. The van der Waals surface area contributed by atoms with Gasteiger partial charge in [-0.05, 0) is 83.7 Å². The lowest BCUT2D eigenvalue weighted by Crippen LogP contribution is -2.37. The molecule has 0 aliphatic carbocycles. The highest BCUT2D eigenvalue weighted by Gasteiger charge is 2.22. The molecule has 8 nitrogen and oxygen atoms in total. The van der Waals surface area contributed by atoms with Gasteiger partial charge in [-0.25, -0.2) is 4.79 Å². The van der Waals surface area contributed by atoms with Gasteiger partial charge >= 0.3 is 12.1 Å². The molecule has 2 atom stereocenters. The van der Waals surface area contributed by atoms with Crippen LogP contribution in [0.4, 0.5) is 4.79 Å². The maximum absolute atomic E-state index is 12.9. The molecule has 1 heterocycles. The summed E-state index contributed by atoms with van der Waals surface area (Å²) in [4.78, 5) is 27.9. The van der Waals surface area contributed by atoms with Crippen molar-refractivity contribution < 1.29 is 33.3 Å². The molecule has 0 radical (unpaired) electrons. The van der Waals surface area contributed by atoms with Crippen LogP contribution in [0.15, 0.2) is 24.3 Å². The first-order valence-corrected chi connectivity index (χ1v) is 22.2. The Morgan fingerprint density at radius 2 is 1.25 bits per heavy atom. The minimum atomic E-state index is -0.617. The highest BCUT2D eigenvalue weighted by atomic mass is 16.7. The molecule has 0 N–H and O–H groups in total. The number of nitrogens with zero attached hydrogens (tertiary/aromatic N) is 1. The zero-order chi connectivity index (χ0) is 38.5. The number of hydrogen-bond acceptors (Lipinski definition) is 8. The van der Waals surface area contributed by atoms with E-state index in [1.807, 2.05) is 0 Å². The normalized spacial score (nSPS) is 15.8. The lowest BCUT2D eigenvalue weighted by molar-refractivity contribution is -0.160. The molecule has 0 aromatic rings. The number of ether oxygens (including phenoxy) is 5. The van der Waals surface area contributed by atoms with E-state index in [0.29, 0.717) is 32.2 Å². The summed E-state index contributed by atoms with van der Waals surface area (Å²) in [6.45, 7) is 13.9. The van der Waals surface area contributed by atoms with Crippen molar-refractivity contribution in [2.75, 3.05) is 52.7 Å². The summed E-state index contributed by atoms with van der Waals surface area (Å²) in [5.74, 6) is 0.0371. The van der Waals surface area contributed by atoms with Crippen LogP contribution in [-0.4, -0.2) is 76.0 Å². The number of rotatable bonds is 36. The molecule has 8 heteroatoms. The molecule has 1 rings (SSSR count). The molecule has 0 spiro atoms. The predicted molar refractivity (Wildman–Crippen MR) is 219 cm³/mol. The molecular weight excluding hydrogens is 666 g/mol. The van der Waals surface area contributed by atoms with E-state index in [4.69, 9.17) is 23.7 Å². The summed E-state index contributed by atoms with van der Waals surface area (Å²) in [7, 11) is 0. The summed E-state index contributed by atoms with van der Waals surface area (Å²) in [5, 5.41) is 0. The van der Waals surface area contributed by atoms with E-state index in [-0.39, 0.29) is 31.5 Å². The second-order valence-corrected chi connectivity index (χ2v) is 15.1. The van der Waals surface area contributed by atoms with E-state index in [2.05, 4.69) is 56.9 Å². The van der Waals surface area contributed by atoms with Gasteiger partial charge in [-0.2, -0.15) is 0 Å². The fourth-order valence-electron chi connectivity index (χ4n) is 6.76. The topological polar surface area (TPSA) is 83.5 Å². The SMILES string of the molecule is CC/C=C\CCCCOC(CCC(=O)OCC(CCCCCCCCCCCCC)COC(=O)OCC1CCCN(CC)C1)OCCCC/C=C\CC. The average Bonchev–Trinajstić information content (AvgIpc) is 3.17. The van der Waals surface area contributed by atoms with Gasteiger partial charge in [0.15, 0.2) is 6.29 Å². The van der Waals surface area contributed by atoms with Crippen LogP contribution < -0.4 is 0 Å². The predicted octanol–water partition coefficient (Wildman–Crippen LogP) is 12.1. The maximum Gasteiger partial charge on any atom is 0.508 e. The Labute approximate surface area is 326 Å². The van der Waals surface area contributed by atoms with Crippen molar-refractivity contribution >= 4 is 12.1 Å². The number of piperidine rings is 1. The van der Waals surface area contributed by atoms with Gasteiger partial charge in [0.1, 0.15) is 6.61 Å². The maximum atomic E-state index is 12.9. The van der Waals surface area contributed by atoms with Gasteiger partial charge in [-0.1, -0.05) is 123 Å². The van der Waals surface area contributed by atoms with Crippen molar-refractivity contribution in [2.45, 2.75) is 188 Å². The summed E-state index contributed by atoms with van der Waals surface area (Å²) in [6.07, 6.45) is 33.9. The molecular formula is C45H83NO7. The molecule has 0 aromatic heterocycles. The van der Waals surface area contributed by atoms with E-state index in [1.54, 1.807) is 0 Å². The smallest absolute Gasteiger partial charge is 0.465 e. The highest BCUT2D eigenvalue weighted by Crippen LogP contribution is 2.19. The molecule has 2 unspecified atom stereocenters. The van der Waals surface area contributed by atoms with E-state index in [1.165, 1.54) is 57.8 Å². The van der Waals surface area contributed by atoms with Gasteiger partial charge in [-0.3, -0.25) is 4.79 Å². The molecule has 0 saturated carbocycles. The van der Waals surface area contributed by atoms with Crippen LogP contribution in [-0.2, 0) is 28.5 Å². The van der Waals surface area contributed by atoms with Gasteiger partial charge < -0.3 is 28.6 Å². The summed E-state index contributed by atoms with van der Waals surface area (Å²) in [5.41, 5.74) is 0. The second kappa shape index (κ2) is 37.0. The van der Waals surface area contributed by atoms with Gasteiger partial charge in [0.25, 0.3) is 0 Å². The van der Waals surface area contributed by atoms with E-state index in [9.17, 15) is 9.59 Å². The summed E-state index contributed by atoms with van der Waals surface area (Å²) >= 11 is 0. The second-order valence-electron chi connectivity index (χ2n) is 15.1. The summed E-state index contributed by atoms with van der Waals surface area (Å²) < 4.78 is 29.1. The van der Waals surface area contributed by atoms with Crippen LogP contribution >= 0.6 is 0 Å². The molecule has 53 heavy (non-hydrogen) atoms. The zero-order valence-corrected chi connectivity index (χ0v) is 35.0. The number of esters is 1. The average molecular weight is 750 g/mol. The number of hydrogen-bond donors (Lipinski definition) is 0. The van der Waals surface area contributed by atoms with Crippen molar-refractivity contribution in [2.24, 2.45) is 11.8 Å². The molecule has 1 aliphatic rings. The fraction of sp³-hybridized carbons (Fsp3) is 0.867. The van der Waals surface area contributed by atoms with Gasteiger partial charge in [0.05, 0.1) is 19.6 Å². The molecule has 0 aromatic carbocycles. The molecule has 310 valence electrons. The Morgan fingerprint density at radius 3 is 1.83 bits per heavy atom.